The third-order valence-corrected chi connectivity index (χ3v) is 2.52. The van der Waals surface area contributed by atoms with Crippen molar-refractivity contribution in [2.45, 2.75) is 13.8 Å². The van der Waals surface area contributed by atoms with E-state index in [1.807, 2.05) is 19.2 Å². The Bertz CT molecular complexity index is 212. The molecule has 0 fully saturated rings. The first-order valence-electron chi connectivity index (χ1n) is 3.03. The molecule has 2 N–H and O–H groups in total. The average Bonchev–Trinajstić information content (AvgIpc) is 2.11. The molecule has 0 aliphatic carbocycles. The monoisotopic (exact) mass is 156 g/mol. The van der Waals surface area contributed by atoms with Gasteiger partial charge in [0.1, 0.15) is 0 Å². The Labute approximate surface area is 64.3 Å². The highest BCUT2D eigenvalue weighted by atomic mass is 32.1. The summed E-state index contributed by atoms with van der Waals surface area (Å²) in [5.41, 5.74) is 1.61. The van der Waals surface area contributed by atoms with Gasteiger partial charge in [-0.25, -0.2) is 0 Å². The molecule has 54 valence electrons. The van der Waals surface area contributed by atoms with E-state index in [2.05, 4.69) is 0 Å². The van der Waals surface area contributed by atoms with Gasteiger partial charge in [0.05, 0.1) is 0 Å². The fourth-order valence-corrected chi connectivity index (χ4v) is 1.84. The van der Waals surface area contributed by atoms with Gasteiger partial charge in [0.25, 0.3) is 0 Å². The first-order valence-corrected chi connectivity index (χ1v) is 3.91. The van der Waals surface area contributed by atoms with Crippen LogP contribution in [0.25, 0.3) is 0 Å². The SMILES string of the molecule is Cc1csc(C)c1B(O)O. The molecule has 1 heterocycles. The van der Waals surface area contributed by atoms with Crippen LogP contribution in [0.15, 0.2) is 5.38 Å². The zero-order chi connectivity index (χ0) is 7.72. The van der Waals surface area contributed by atoms with Crippen LogP contribution in [-0.2, 0) is 0 Å². The van der Waals surface area contributed by atoms with Gasteiger partial charge in [0.2, 0.25) is 0 Å². The third-order valence-electron chi connectivity index (χ3n) is 1.47. The summed E-state index contributed by atoms with van der Waals surface area (Å²) in [5.74, 6) is 0. The van der Waals surface area contributed by atoms with Crippen LogP contribution < -0.4 is 5.46 Å². The maximum atomic E-state index is 8.84. The number of hydrogen-bond acceptors (Lipinski definition) is 3. The first kappa shape index (κ1) is 7.79. The number of aryl methyl sites for hydroxylation is 2. The van der Waals surface area contributed by atoms with Crippen LogP contribution in [0.4, 0.5) is 0 Å². The van der Waals surface area contributed by atoms with Crippen LogP contribution in [-0.4, -0.2) is 17.2 Å². The average molecular weight is 156 g/mol. The van der Waals surface area contributed by atoms with Gasteiger partial charge in [-0.1, -0.05) is 0 Å². The Morgan fingerprint density at radius 2 is 2.00 bits per heavy atom. The fourth-order valence-electron chi connectivity index (χ4n) is 0.967. The molecule has 0 atom stereocenters. The molecule has 1 aromatic heterocycles. The van der Waals surface area contributed by atoms with E-state index in [9.17, 15) is 0 Å². The lowest BCUT2D eigenvalue weighted by molar-refractivity contribution is 0.425. The highest BCUT2D eigenvalue weighted by Gasteiger charge is 2.17. The van der Waals surface area contributed by atoms with E-state index >= 15 is 0 Å². The van der Waals surface area contributed by atoms with Gasteiger partial charge in [-0.05, 0) is 30.3 Å². The molecule has 0 saturated heterocycles. The van der Waals surface area contributed by atoms with E-state index in [1.165, 1.54) is 11.3 Å². The maximum absolute atomic E-state index is 8.84. The number of hydrogen-bond donors (Lipinski definition) is 2. The van der Waals surface area contributed by atoms with Crippen molar-refractivity contribution < 1.29 is 10.0 Å². The molecule has 10 heavy (non-hydrogen) atoms. The molecule has 1 rings (SSSR count). The van der Waals surface area contributed by atoms with Gasteiger partial charge < -0.3 is 10.0 Å². The Kier molecular flexibility index (Phi) is 2.13. The van der Waals surface area contributed by atoms with Crippen LogP contribution in [0.5, 0.6) is 0 Å². The van der Waals surface area contributed by atoms with Crippen molar-refractivity contribution in [3.8, 4) is 0 Å². The lowest BCUT2D eigenvalue weighted by Gasteiger charge is -1.97. The van der Waals surface area contributed by atoms with Crippen molar-refractivity contribution in [1.82, 2.24) is 0 Å². The molecule has 1 aromatic rings. The minimum absolute atomic E-state index is 0.657. The lowest BCUT2D eigenvalue weighted by atomic mass is 9.78. The molecule has 0 spiro atoms. The number of rotatable bonds is 1. The van der Waals surface area contributed by atoms with Crippen LogP contribution >= 0.6 is 11.3 Å². The molecule has 0 bridgehead atoms. The van der Waals surface area contributed by atoms with E-state index in [4.69, 9.17) is 10.0 Å². The summed E-state index contributed by atoms with van der Waals surface area (Å²) >= 11 is 1.54. The standard InChI is InChI=1S/C6H9BO2S/c1-4-3-10-5(2)6(4)7(8)9/h3,8-9H,1-2H3. The normalized spacial score (nSPS) is 10.0. The molecule has 0 amide bonds. The highest BCUT2D eigenvalue weighted by molar-refractivity contribution is 7.11. The summed E-state index contributed by atoms with van der Waals surface area (Å²) in [7, 11) is -1.31. The topological polar surface area (TPSA) is 40.5 Å². The van der Waals surface area contributed by atoms with E-state index < -0.39 is 7.12 Å². The Morgan fingerprint density at radius 1 is 1.40 bits per heavy atom. The van der Waals surface area contributed by atoms with E-state index in [-0.39, 0.29) is 0 Å². The van der Waals surface area contributed by atoms with Crippen molar-refractivity contribution in [2.75, 3.05) is 0 Å². The summed E-state index contributed by atoms with van der Waals surface area (Å²) in [6, 6.07) is 0. The molecular formula is C6H9BO2S. The van der Waals surface area contributed by atoms with Gasteiger partial charge in [0, 0.05) is 4.88 Å². The molecule has 0 radical (unpaired) electrons. The van der Waals surface area contributed by atoms with Crippen LogP contribution in [0.3, 0.4) is 0 Å². The van der Waals surface area contributed by atoms with Crippen LogP contribution in [0, 0.1) is 13.8 Å². The Balaban J connectivity index is 3.10. The smallest absolute Gasteiger partial charge is 0.423 e. The largest absolute Gasteiger partial charge is 0.489 e. The first-order chi connectivity index (χ1) is 4.63. The van der Waals surface area contributed by atoms with Crippen molar-refractivity contribution in [1.29, 1.82) is 0 Å². The van der Waals surface area contributed by atoms with Gasteiger partial charge in [-0.15, -0.1) is 11.3 Å². The second-order valence-electron chi connectivity index (χ2n) is 2.26. The molecule has 0 aromatic carbocycles. The zero-order valence-corrected chi connectivity index (χ0v) is 6.77. The zero-order valence-electron chi connectivity index (χ0n) is 5.96. The summed E-state index contributed by atoms with van der Waals surface area (Å²) in [4.78, 5) is 0.979. The molecular weight excluding hydrogens is 147 g/mol. The quantitative estimate of drug-likeness (QED) is 0.563. The molecule has 0 aliphatic heterocycles. The van der Waals surface area contributed by atoms with Gasteiger partial charge in [-0.2, -0.15) is 0 Å². The van der Waals surface area contributed by atoms with Crippen LogP contribution in [0.2, 0.25) is 0 Å². The van der Waals surface area contributed by atoms with Gasteiger partial charge in [0.15, 0.2) is 0 Å². The predicted molar refractivity (Wildman–Crippen MR) is 43.6 cm³/mol. The van der Waals surface area contributed by atoms with E-state index in [0.717, 1.165) is 10.4 Å². The minimum atomic E-state index is -1.31. The Morgan fingerprint density at radius 3 is 2.20 bits per heavy atom. The molecule has 0 aliphatic rings. The fraction of sp³-hybridized carbons (Fsp3) is 0.333. The maximum Gasteiger partial charge on any atom is 0.489 e. The van der Waals surface area contributed by atoms with E-state index in [0.29, 0.717) is 5.46 Å². The predicted octanol–water partition coefficient (Wildman–Crippen LogP) is 0.0447. The molecule has 0 saturated carbocycles. The van der Waals surface area contributed by atoms with E-state index in [1.54, 1.807) is 0 Å². The second kappa shape index (κ2) is 2.74. The second-order valence-corrected chi connectivity index (χ2v) is 3.35. The summed E-state index contributed by atoms with van der Waals surface area (Å²) in [6.07, 6.45) is 0. The summed E-state index contributed by atoms with van der Waals surface area (Å²) in [6.45, 7) is 3.75. The molecule has 2 nitrogen and oxygen atoms in total. The third kappa shape index (κ3) is 1.23. The highest BCUT2D eigenvalue weighted by Crippen LogP contribution is 2.09. The summed E-state index contributed by atoms with van der Waals surface area (Å²) in [5, 5.41) is 19.6. The Hall–Kier alpha value is -0.315. The van der Waals surface area contributed by atoms with Crippen molar-refractivity contribution in [3.05, 3.63) is 15.8 Å². The summed E-state index contributed by atoms with van der Waals surface area (Å²) < 4.78 is 0. The van der Waals surface area contributed by atoms with Crippen molar-refractivity contribution in [2.24, 2.45) is 0 Å². The minimum Gasteiger partial charge on any atom is -0.423 e. The molecule has 4 heteroatoms. The van der Waals surface area contributed by atoms with Gasteiger partial charge in [-0.3, -0.25) is 0 Å². The lowest BCUT2D eigenvalue weighted by Crippen LogP contribution is -2.32. The molecule has 0 unspecified atom stereocenters. The van der Waals surface area contributed by atoms with Crippen molar-refractivity contribution in [3.63, 3.8) is 0 Å². The van der Waals surface area contributed by atoms with Crippen LogP contribution in [0.1, 0.15) is 10.4 Å². The number of thiophene rings is 1. The van der Waals surface area contributed by atoms with Gasteiger partial charge >= 0.3 is 7.12 Å². The van der Waals surface area contributed by atoms with Crippen molar-refractivity contribution >= 4 is 23.9 Å².